The van der Waals surface area contributed by atoms with E-state index in [1.807, 2.05) is 44.2 Å². The predicted octanol–water partition coefficient (Wildman–Crippen LogP) is 3.42. The SMILES string of the molecule is C=CC[C@H](C(=O)NO)[C@@H](CC(C)C)C(=O)NC(Cc1ccccc1)C(=O)OC(C)(C)C. The van der Waals surface area contributed by atoms with Crippen LogP contribution in [0.5, 0.6) is 0 Å². The standard InChI is InChI=1S/C24H36N2O5/c1-7-11-18(22(28)26-30)19(14-16(2)3)21(27)25-20(23(29)31-24(4,5)6)15-17-12-9-8-10-13-17/h7-10,12-13,16,18-20,30H,1,11,14-15H2,2-6H3,(H,25,27)(H,26,28)/t18-,19+,20?/m0/s1. The molecular formula is C24H36N2O5. The number of ether oxygens (including phenoxy) is 1. The lowest BCUT2D eigenvalue weighted by Gasteiger charge is -2.29. The Balaban J connectivity index is 3.18. The summed E-state index contributed by atoms with van der Waals surface area (Å²) in [5, 5.41) is 12.0. The highest BCUT2D eigenvalue weighted by Crippen LogP contribution is 2.25. The van der Waals surface area contributed by atoms with Gasteiger partial charge >= 0.3 is 5.97 Å². The Labute approximate surface area is 185 Å². The largest absolute Gasteiger partial charge is 0.458 e. The molecule has 31 heavy (non-hydrogen) atoms. The number of rotatable bonds is 11. The van der Waals surface area contributed by atoms with Gasteiger partial charge in [0.05, 0.1) is 11.8 Å². The zero-order valence-corrected chi connectivity index (χ0v) is 19.2. The summed E-state index contributed by atoms with van der Waals surface area (Å²) in [6.45, 7) is 12.8. The molecule has 1 aromatic rings. The van der Waals surface area contributed by atoms with E-state index in [-0.39, 0.29) is 18.8 Å². The van der Waals surface area contributed by atoms with Crippen LogP contribution >= 0.6 is 0 Å². The van der Waals surface area contributed by atoms with Gasteiger partial charge in [0.15, 0.2) is 0 Å². The molecule has 0 bridgehead atoms. The summed E-state index contributed by atoms with van der Waals surface area (Å²) in [7, 11) is 0. The average Bonchev–Trinajstić information content (AvgIpc) is 2.68. The summed E-state index contributed by atoms with van der Waals surface area (Å²) in [6.07, 6.45) is 2.42. The molecular weight excluding hydrogens is 396 g/mol. The van der Waals surface area contributed by atoms with E-state index in [4.69, 9.17) is 9.94 Å². The Morgan fingerprint density at radius 2 is 1.71 bits per heavy atom. The van der Waals surface area contributed by atoms with E-state index < -0.39 is 41.3 Å². The molecule has 7 heteroatoms. The minimum absolute atomic E-state index is 0.114. The Hall–Kier alpha value is -2.67. The number of carbonyl (C=O) groups excluding carboxylic acids is 3. The average molecular weight is 433 g/mol. The van der Waals surface area contributed by atoms with Crippen LogP contribution in [0, 0.1) is 17.8 Å². The number of hydrogen-bond acceptors (Lipinski definition) is 5. The maximum atomic E-state index is 13.3. The lowest BCUT2D eigenvalue weighted by molar-refractivity contribution is -0.159. The minimum atomic E-state index is -0.912. The quantitative estimate of drug-likeness (QED) is 0.215. The topological polar surface area (TPSA) is 105 Å². The van der Waals surface area contributed by atoms with Crippen LogP contribution in [0.1, 0.15) is 53.0 Å². The van der Waals surface area contributed by atoms with Gasteiger partial charge in [0.25, 0.3) is 0 Å². The van der Waals surface area contributed by atoms with Crippen LogP contribution in [0.15, 0.2) is 43.0 Å². The lowest BCUT2D eigenvalue weighted by atomic mass is 9.82. The first-order chi connectivity index (χ1) is 14.5. The molecule has 2 amide bonds. The van der Waals surface area contributed by atoms with Crippen LogP contribution < -0.4 is 10.8 Å². The summed E-state index contributed by atoms with van der Waals surface area (Å²) in [5.41, 5.74) is 1.81. The van der Waals surface area contributed by atoms with Gasteiger partial charge in [0.1, 0.15) is 11.6 Å². The molecule has 0 spiro atoms. The van der Waals surface area contributed by atoms with E-state index in [9.17, 15) is 14.4 Å². The number of amides is 2. The highest BCUT2D eigenvalue weighted by atomic mass is 16.6. The molecule has 0 aromatic heterocycles. The predicted molar refractivity (Wildman–Crippen MR) is 119 cm³/mol. The summed E-state index contributed by atoms with van der Waals surface area (Å²) in [6, 6.07) is 8.42. The number of hydroxylamine groups is 1. The van der Waals surface area contributed by atoms with E-state index in [1.165, 1.54) is 6.08 Å². The van der Waals surface area contributed by atoms with Crippen LogP contribution in [-0.4, -0.2) is 34.6 Å². The number of benzene rings is 1. The highest BCUT2D eigenvalue weighted by Gasteiger charge is 2.36. The Morgan fingerprint density at radius 1 is 1.10 bits per heavy atom. The van der Waals surface area contributed by atoms with Crippen LogP contribution in [0.25, 0.3) is 0 Å². The summed E-state index contributed by atoms with van der Waals surface area (Å²) in [5.74, 6) is -3.07. The molecule has 1 rings (SSSR count). The summed E-state index contributed by atoms with van der Waals surface area (Å²) < 4.78 is 5.52. The van der Waals surface area contributed by atoms with E-state index in [1.54, 1.807) is 26.3 Å². The van der Waals surface area contributed by atoms with Crippen LogP contribution in [0.2, 0.25) is 0 Å². The molecule has 0 aliphatic carbocycles. The molecule has 3 N–H and O–H groups in total. The van der Waals surface area contributed by atoms with Gasteiger partial charge < -0.3 is 10.1 Å². The second kappa shape index (κ2) is 12.2. The number of hydrogen-bond donors (Lipinski definition) is 3. The first-order valence-electron chi connectivity index (χ1n) is 10.6. The second-order valence-corrected chi connectivity index (χ2v) is 9.13. The number of carbonyl (C=O) groups is 3. The van der Waals surface area contributed by atoms with Crippen LogP contribution in [0.3, 0.4) is 0 Å². The number of esters is 1. The maximum absolute atomic E-state index is 13.3. The fraction of sp³-hybridized carbons (Fsp3) is 0.542. The summed E-state index contributed by atoms with van der Waals surface area (Å²) in [4.78, 5) is 38.4. The first-order valence-corrected chi connectivity index (χ1v) is 10.6. The Bertz CT molecular complexity index is 740. The molecule has 0 aliphatic heterocycles. The molecule has 7 nitrogen and oxygen atoms in total. The van der Waals surface area contributed by atoms with E-state index in [0.717, 1.165) is 5.56 Å². The zero-order valence-electron chi connectivity index (χ0n) is 19.2. The van der Waals surface area contributed by atoms with Crippen molar-refractivity contribution in [2.75, 3.05) is 0 Å². The second-order valence-electron chi connectivity index (χ2n) is 9.13. The Morgan fingerprint density at radius 3 is 2.19 bits per heavy atom. The van der Waals surface area contributed by atoms with Crippen molar-refractivity contribution in [1.29, 1.82) is 0 Å². The van der Waals surface area contributed by atoms with Gasteiger partial charge in [0, 0.05) is 6.42 Å². The molecule has 1 unspecified atom stereocenters. The van der Waals surface area contributed by atoms with Gasteiger partial charge in [0.2, 0.25) is 11.8 Å². The van der Waals surface area contributed by atoms with Gasteiger partial charge in [-0.05, 0) is 45.1 Å². The van der Waals surface area contributed by atoms with Crippen molar-refractivity contribution in [3.63, 3.8) is 0 Å². The smallest absolute Gasteiger partial charge is 0.329 e. The van der Waals surface area contributed by atoms with Gasteiger partial charge in [-0.1, -0.05) is 50.3 Å². The van der Waals surface area contributed by atoms with E-state index in [2.05, 4.69) is 11.9 Å². The van der Waals surface area contributed by atoms with Crippen molar-refractivity contribution in [1.82, 2.24) is 10.8 Å². The first kappa shape index (κ1) is 26.4. The summed E-state index contributed by atoms with van der Waals surface area (Å²) >= 11 is 0. The van der Waals surface area contributed by atoms with Crippen molar-refractivity contribution < 1.29 is 24.3 Å². The molecule has 0 fully saturated rings. The van der Waals surface area contributed by atoms with Crippen LogP contribution in [0.4, 0.5) is 0 Å². The van der Waals surface area contributed by atoms with E-state index >= 15 is 0 Å². The number of nitrogens with one attached hydrogen (secondary N) is 2. The van der Waals surface area contributed by atoms with Gasteiger partial charge in [-0.25, -0.2) is 10.3 Å². The van der Waals surface area contributed by atoms with Crippen molar-refractivity contribution in [2.45, 2.75) is 65.5 Å². The van der Waals surface area contributed by atoms with Crippen molar-refractivity contribution in [2.24, 2.45) is 17.8 Å². The maximum Gasteiger partial charge on any atom is 0.329 e. The molecule has 0 aliphatic rings. The van der Waals surface area contributed by atoms with Crippen molar-refractivity contribution in [3.05, 3.63) is 48.6 Å². The Kier molecular flexibility index (Phi) is 10.4. The molecule has 1 aromatic carbocycles. The van der Waals surface area contributed by atoms with Crippen molar-refractivity contribution >= 4 is 17.8 Å². The number of allylic oxidation sites excluding steroid dienone is 1. The van der Waals surface area contributed by atoms with Crippen molar-refractivity contribution in [3.8, 4) is 0 Å². The fourth-order valence-corrected chi connectivity index (χ4v) is 3.37. The third-order valence-electron chi connectivity index (χ3n) is 4.71. The monoisotopic (exact) mass is 432 g/mol. The third kappa shape index (κ3) is 9.34. The molecule has 172 valence electrons. The molecule has 0 saturated heterocycles. The van der Waals surface area contributed by atoms with Gasteiger partial charge in [-0.2, -0.15) is 0 Å². The van der Waals surface area contributed by atoms with Gasteiger partial charge in [-0.15, -0.1) is 6.58 Å². The minimum Gasteiger partial charge on any atom is -0.458 e. The normalized spacial score (nSPS) is 14.3. The molecule has 3 atom stereocenters. The lowest BCUT2D eigenvalue weighted by Crippen LogP contribution is -2.50. The van der Waals surface area contributed by atoms with E-state index in [0.29, 0.717) is 6.42 Å². The third-order valence-corrected chi connectivity index (χ3v) is 4.71. The molecule has 0 heterocycles. The highest BCUT2D eigenvalue weighted by molar-refractivity contribution is 5.90. The zero-order chi connectivity index (χ0) is 23.6. The van der Waals surface area contributed by atoms with Crippen LogP contribution in [-0.2, 0) is 25.5 Å². The van der Waals surface area contributed by atoms with Gasteiger partial charge in [-0.3, -0.25) is 14.8 Å². The fourth-order valence-electron chi connectivity index (χ4n) is 3.37. The molecule has 0 radical (unpaired) electrons. The molecule has 0 saturated carbocycles.